The van der Waals surface area contributed by atoms with E-state index in [1.165, 1.54) is 0 Å². The molecule has 1 N–H and O–H groups in total. The zero-order chi connectivity index (χ0) is 17.1. The van der Waals surface area contributed by atoms with E-state index in [1.54, 1.807) is 7.11 Å². The fraction of sp³-hybridized carbons (Fsp3) is 0.667. The topological polar surface area (TPSA) is 63.6 Å². The number of nitrogens with zero attached hydrogens (tertiary/aromatic N) is 2. The van der Waals surface area contributed by atoms with Crippen molar-refractivity contribution in [3.63, 3.8) is 0 Å². The van der Waals surface area contributed by atoms with Crippen LogP contribution < -0.4 is 5.32 Å². The highest BCUT2D eigenvalue weighted by atomic mass is 16.5. The predicted molar refractivity (Wildman–Crippen MR) is 90.8 cm³/mol. The van der Waals surface area contributed by atoms with Crippen molar-refractivity contribution in [3.05, 3.63) is 23.5 Å². The molecule has 0 unspecified atom stereocenters. The van der Waals surface area contributed by atoms with Crippen molar-refractivity contribution >= 4 is 11.8 Å². The normalized spacial score (nSPS) is 23.2. The Labute approximate surface area is 143 Å². The lowest BCUT2D eigenvalue weighted by Gasteiger charge is -2.35. The van der Waals surface area contributed by atoms with Crippen LogP contribution in [-0.2, 0) is 22.5 Å². The average Bonchev–Trinajstić information content (AvgIpc) is 2.83. The van der Waals surface area contributed by atoms with Gasteiger partial charge in [-0.15, -0.1) is 0 Å². The predicted octanol–water partition coefficient (Wildman–Crippen LogP) is 1.30. The first-order valence-corrected chi connectivity index (χ1v) is 8.84. The number of aromatic nitrogens is 1. The summed E-state index contributed by atoms with van der Waals surface area (Å²) >= 11 is 0. The number of hydrogen-bond acceptors (Lipinski definition) is 3. The molecule has 2 heterocycles. The van der Waals surface area contributed by atoms with Gasteiger partial charge in [-0.25, -0.2) is 0 Å². The van der Waals surface area contributed by atoms with E-state index in [2.05, 4.69) is 16.8 Å². The number of ether oxygens (including phenoxy) is 1. The minimum Gasteiger partial charge on any atom is -0.383 e. The maximum absolute atomic E-state index is 12.6. The Bertz CT molecular complexity index is 605. The van der Waals surface area contributed by atoms with E-state index in [4.69, 9.17) is 4.74 Å². The van der Waals surface area contributed by atoms with Crippen molar-refractivity contribution in [2.75, 3.05) is 33.4 Å². The highest BCUT2D eigenvalue weighted by molar-refractivity contribution is 5.93. The molecule has 6 heteroatoms. The van der Waals surface area contributed by atoms with Crippen LogP contribution in [0.15, 0.2) is 12.1 Å². The number of hydrogen-bond donors (Lipinski definition) is 1. The molecule has 0 bridgehead atoms. The van der Waals surface area contributed by atoms with Crippen LogP contribution in [0.25, 0.3) is 0 Å². The summed E-state index contributed by atoms with van der Waals surface area (Å²) < 4.78 is 7.02. The number of amides is 2. The molecule has 0 aromatic carbocycles. The highest BCUT2D eigenvalue weighted by Gasteiger charge is 2.34. The van der Waals surface area contributed by atoms with Crippen molar-refractivity contribution in [3.8, 4) is 0 Å². The molecule has 1 aromatic rings. The van der Waals surface area contributed by atoms with Crippen LogP contribution in [0.5, 0.6) is 0 Å². The van der Waals surface area contributed by atoms with E-state index in [9.17, 15) is 9.59 Å². The van der Waals surface area contributed by atoms with Gasteiger partial charge in [0, 0.05) is 51.3 Å². The molecule has 1 fully saturated rings. The average molecular weight is 333 g/mol. The van der Waals surface area contributed by atoms with Gasteiger partial charge in [-0.3, -0.25) is 9.59 Å². The van der Waals surface area contributed by atoms with E-state index >= 15 is 0 Å². The lowest BCUT2D eigenvalue weighted by molar-refractivity contribution is -0.139. The minimum absolute atomic E-state index is 0.0779. The van der Waals surface area contributed by atoms with Gasteiger partial charge in [0.05, 0.1) is 6.61 Å². The Morgan fingerprint density at radius 2 is 2.04 bits per heavy atom. The SMILES string of the molecule is COCCNC(=O)c1ccc2n1CCN(C(=O)C1CC(C)C1)CC2. The van der Waals surface area contributed by atoms with Gasteiger partial charge < -0.3 is 19.5 Å². The third-order valence-electron chi connectivity index (χ3n) is 5.16. The molecule has 0 radical (unpaired) electrons. The van der Waals surface area contributed by atoms with Crippen molar-refractivity contribution < 1.29 is 14.3 Å². The molecule has 1 aliphatic carbocycles. The quantitative estimate of drug-likeness (QED) is 0.826. The van der Waals surface area contributed by atoms with Gasteiger partial charge in [0.1, 0.15) is 5.69 Å². The van der Waals surface area contributed by atoms with Gasteiger partial charge in [0.15, 0.2) is 0 Å². The fourth-order valence-electron chi connectivity index (χ4n) is 3.71. The van der Waals surface area contributed by atoms with Gasteiger partial charge in [-0.05, 0) is 30.9 Å². The number of nitrogens with one attached hydrogen (secondary N) is 1. The molecule has 3 rings (SSSR count). The summed E-state index contributed by atoms with van der Waals surface area (Å²) in [5, 5.41) is 2.87. The van der Waals surface area contributed by atoms with Crippen molar-refractivity contribution in [2.45, 2.75) is 32.7 Å². The summed E-state index contributed by atoms with van der Waals surface area (Å²) in [7, 11) is 1.61. The van der Waals surface area contributed by atoms with Crippen LogP contribution in [0.3, 0.4) is 0 Å². The first-order chi connectivity index (χ1) is 11.6. The van der Waals surface area contributed by atoms with E-state index in [0.717, 1.165) is 31.5 Å². The molecule has 0 saturated heterocycles. The highest BCUT2D eigenvalue weighted by Crippen LogP contribution is 2.34. The van der Waals surface area contributed by atoms with E-state index in [1.807, 2.05) is 17.0 Å². The number of fused-ring (bicyclic) bond motifs is 1. The molecule has 1 saturated carbocycles. The Morgan fingerprint density at radius 3 is 2.75 bits per heavy atom. The third-order valence-corrected chi connectivity index (χ3v) is 5.16. The van der Waals surface area contributed by atoms with Crippen LogP contribution >= 0.6 is 0 Å². The van der Waals surface area contributed by atoms with Crippen LogP contribution in [0, 0.1) is 11.8 Å². The molecular weight excluding hydrogens is 306 g/mol. The number of carbonyl (C=O) groups is 2. The van der Waals surface area contributed by atoms with Crippen LogP contribution in [0.2, 0.25) is 0 Å². The minimum atomic E-state index is -0.0779. The monoisotopic (exact) mass is 333 g/mol. The second-order valence-corrected chi connectivity index (χ2v) is 6.96. The molecule has 1 aliphatic heterocycles. The fourth-order valence-corrected chi connectivity index (χ4v) is 3.71. The van der Waals surface area contributed by atoms with Crippen molar-refractivity contribution in [1.82, 2.24) is 14.8 Å². The number of rotatable bonds is 5. The van der Waals surface area contributed by atoms with Crippen LogP contribution in [0.1, 0.15) is 35.9 Å². The zero-order valence-corrected chi connectivity index (χ0v) is 14.6. The van der Waals surface area contributed by atoms with Gasteiger partial charge in [-0.2, -0.15) is 0 Å². The molecule has 132 valence electrons. The van der Waals surface area contributed by atoms with Gasteiger partial charge >= 0.3 is 0 Å². The summed E-state index contributed by atoms with van der Waals surface area (Å²) in [5.74, 6) is 1.12. The maximum atomic E-state index is 12.6. The molecule has 24 heavy (non-hydrogen) atoms. The van der Waals surface area contributed by atoms with E-state index < -0.39 is 0 Å². The number of methoxy groups -OCH3 is 1. The van der Waals surface area contributed by atoms with Gasteiger partial charge in [0.25, 0.3) is 5.91 Å². The Kier molecular flexibility index (Phi) is 5.23. The molecule has 1 aromatic heterocycles. The van der Waals surface area contributed by atoms with Gasteiger partial charge in [0.2, 0.25) is 5.91 Å². The largest absolute Gasteiger partial charge is 0.383 e. The first-order valence-electron chi connectivity index (χ1n) is 8.84. The number of carbonyl (C=O) groups excluding carboxylic acids is 2. The molecule has 0 spiro atoms. The van der Waals surface area contributed by atoms with Crippen LogP contribution in [-0.4, -0.2) is 54.6 Å². The summed E-state index contributed by atoms with van der Waals surface area (Å²) in [6, 6.07) is 3.88. The smallest absolute Gasteiger partial charge is 0.267 e. The molecule has 0 atom stereocenters. The maximum Gasteiger partial charge on any atom is 0.267 e. The van der Waals surface area contributed by atoms with Crippen LogP contribution in [0.4, 0.5) is 0 Å². The Balaban J connectivity index is 1.61. The summed E-state index contributed by atoms with van der Waals surface area (Å²) in [6.45, 7) is 5.32. The standard InChI is InChI=1S/C18H27N3O3/c1-13-11-14(12-13)18(23)20-7-5-15-3-4-16(21(15)9-8-20)17(22)19-6-10-24-2/h3-4,13-14H,5-12H2,1-2H3,(H,19,22). The second kappa shape index (κ2) is 7.38. The van der Waals surface area contributed by atoms with E-state index in [-0.39, 0.29) is 11.8 Å². The lowest BCUT2D eigenvalue weighted by Crippen LogP contribution is -2.42. The van der Waals surface area contributed by atoms with E-state index in [0.29, 0.717) is 43.8 Å². The van der Waals surface area contributed by atoms with Crippen molar-refractivity contribution in [1.29, 1.82) is 0 Å². The second-order valence-electron chi connectivity index (χ2n) is 6.96. The molecular formula is C18H27N3O3. The Hall–Kier alpha value is -1.82. The first kappa shape index (κ1) is 17.0. The summed E-state index contributed by atoms with van der Waals surface area (Å²) in [6.07, 6.45) is 2.85. The molecule has 6 nitrogen and oxygen atoms in total. The van der Waals surface area contributed by atoms with Crippen molar-refractivity contribution in [2.24, 2.45) is 11.8 Å². The molecule has 2 amide bonds. The lowest BCUT2D eigenvalue weighted by atomic mass is 9.75. The Morgan fingerprint density at radius 1 is 1.25 bits per heavy atom. The third kappa shape index (κ3) is 3.48. The zero-order valence-electron chi connectivity index (χ0n) is 14.6. The van der Waals surface area contributed by atoms with Gasteiger partial charge in [-0.1, -0.05) is 6.92 Å². The summed E-state index contributed by atoms with van der Waals surface area (Å²) in [5.41, 5.74) is 1.80. The summed E-state index contributed by atoms with van der Waals surface area (Å²) in [4.78, 5) is 26.9. The molecule has 2 aliphatic rings.